The van der Waals surface area contributed by atoms with Crippen LogP contribution in [0.2, 0.25) is 0 Å². The molecule has 4 saturated carbocycles. The number of carbonyl (C=O) groups excluding carboxylic acids is 3. The zero-order chi connectivity index (χ0) is 25.8. The highest BCUT2D eigenvalue weighted by Crippen LogP contribution is 2.68. The molecule has 0 amide bonds. The molecule has 1 N–H and O–H groups in total. The van der Waals surface area contributed by atoms with Crippen molar-refractivity contribution >= 4 is 17.7 Å². The van der Waals surface area contributed by atoms with Gasteiger partial charge in [-0.05, 0) is 127 Å². The number of likely N-dealkylation sites (N-methyl/N-ethyl adjacent to an activating group) is 1. The monoisotopic (exact) mass is 489 g/mol. The summed E-state index contributed by atoms with van der Waals surface area (Å²) in [5, 5.41) is 2.89. The van der Waals surface area contributed by atoms with Crippen LogP contribution in [-0.4, -0.2) is 42.5 Å². The summed E-state index contributed by atoms with van der Waals surface area (Å²) >= 11 is 0. The Labute approximate surface area is 211 Å². The van der Waals surface area contributed by atoms with Gasteiger partial charge in [0, 0.05) is 5.92 Å². The first kappa shape index (κ1) is 26.6. The van der Waals surface area contributed by atoms with Crippen molar-refractivity contribution in [2.75, 3.05) is 13.7 Å². The smallest absolute Gasteiger partial charge is 0.344 e. The highest BCUT2D eigenvalue weighted by molar-refractivity contribution is 5.82. The Morgan fingerprint density at radius 3 is 2.26 bits per heavy atom. The average molecular weight is 490 g/mol. The van der Waals surface area contributed by atoms with Gasteiger partial charge in [0.25, 0.3) is 0 Å². The molecule has 0 aromatic heterocycles. The van der Waals surface area contributed by atoms with Gasteiger partial charge in [0.15, 0.2) is 6.61 Å². The predicted molar refractivity (Wildman–Crippen MR) is 134 cm³/mol. The Morgan fingerprint density at radius 2 is 1.60 bits per heavy atom. The van der Waals surface area contributed by atoms with Crippen molar-refractivity contribution in [3.05, 3.63) is 0 Å². The van der Waals surface area contributed by atoms with E-state index in [0.717, 1.165) is 31.6 Å². The Bertz CT molecular complexity index is 869. The SMILES string of the molecule is CNC(C)(C)C(=O)OCC(=O)O[C@]1(C)CC[C@@]2(C)[C@@H](CC[C@@H]3[C@@H]2CC[C@]2(C)[C@@H](C(C)=O)CC[C@@H]32)C1. The Kier molecular flexibility index (Phi) is 6.96. The molecule has 4 fully saturated rings. The largest absolute Gasteiger partial charge is 0.457 e. The highest BCUT2D eigenvalue weighted by Gasteiger charge is 2.61. The summed E-state index contributed by atoms with van der Waals surface area (Å²) in [5.41, 5.74) is -0.882. The first-order valence-corrected chi connectivity index (χ1v) is 13.8. The summed E-state index contributed by atoms with van der Waals surface area (Å²) in [5.74, 6) is 2.37. The second-order valence-electron chi connectivity index (χ2n) is 13.5. The van der Waals surface area contributed by atoms with E-state index in [-0.39, 0.29) is 23.4 Å². The van der Waals surface area contributed by atoms with Crippen molar-refractivity contribution in [3.63, 3.8) is 0 Å². The molecule has 0 aliphatic heterocycles. The van der Waals surface area contributed by atoms with Crippen LogP contribution in [0.3, 0.4) is 0 Å². The first-order chi connectivity index (χ1) is 16.3. The lowest BCUT2D eigenvalue weighted by Gasteiger charge is -2.62. The van der Waals surface area contributed by atoms with E-state index in [2.05, 4.69) is 26.1 Å². The standard InChI is InChI=1S/C29H47NO5/c1-18(31)21-10-11-22-20-9-8-19-16-27(4,35-24(32)17-34-25(33)26(2,3)30-7)14-15-28(19,5)23(20)12-13-29(21,22)6/h19-23,30H,8-17H2,1-7H3/t19-,20-,21+,22-,23-,27+,28-,29+/m0/s1. The van der Waals surface area contributed by atoms with Crippen molar-refractivity contribution in [2.24, 2.45) is 40.4 Å². The molecule has 6 heteroatoms. The zero-order valence-electron chi connectivity index (χ0n) is 23.0. The molecule has 0 unspecified atom stereocenters. The highest BCUT2D eigenvalue weighted by atomic mass is 16.6. The molecule has 0 heterocycles. The van der Waals surface area contributed by atoms with Gasteiger partial charge in [-0.25, -0.2) is 4.79 Å². The molecule has 35 heavy (non-hydrogen) atoms. The fourth-order valence-electron chi connectivity index (χ4n) is 8.89. The van der Waals surface area contributed by atoms with E-state index in [1.807, 2.05) is 0 Å². The van der Waals surface area contributed by atoms with Crippen molar-refractivity contribution in [2.45, 2.75) is 110 Å². The number of fused-ring (bicyclic) bond motifs is 5. The zero-order valence-corrected chi connectivity index (χ0v) is 23.0. The number of carbonyl (C=O) groups is 3. The number of rotatable bonds is 6. The number of esters is 2. The molecule has 4 aliphatic rings. The molecular weight excluding hydrogens is 442 g/mol. The van der Waals surface area contributed by atoms with Gasteiger partial charge in [-0.15, -0.1) is 0 Å². The molecule has 0 spiro atoms. The molecule has 0 aromatic rings. The summed E-state index contributed by atoms with van der Waals surface area (Å²) in [7, 11) is 1.69. The summed E-state index contributed by atoms with van der Waals surface area (Å²) in [6.07, 6.45) is 9.88. The normalized spacial score (nSPS) is 42.9. The van der Waals surface area contributed by atoms with Crippen LogP contribution in [0.4, 0.5) is 0 Å². The number of Topliss-reactive ketones (excluding diaryl/α,β-unsaturated/α-hetero) is 1. The van der Waals surface area contributed by atoms with Crippen molar-refractivity contribution in [1.29, 1.82) is 0 Å². The second kappa shape index (κ2) is 9.15. The van der Waals surface area contributed by atoms with Gasteiger partial charge in [-0.2, -0.15) is 0 Å². The fraction of sp³-hybridized carbons (Fsp3) is 0.897. The molecule has 6 nitrogen and oxygen atoms in total. The van der Waals surface area contributed by atoms with Crippen molar-refractivity contribution < 1.29 is 23.9 Å². The summed E-state index contributed by atoms with van der Waals surface area (Å²) in [4.78, 5) is 37.2. The fourth-order valence-corrected chi connectivity index (χ4v) is 8.89. The van der Waals surface area contributed by atoms with Gasteiger partial charge in [0.2, 0.25) is 0 Å². The van der Waals surface area contributed by atoms with Crippen molar-refractivity contribution in [1.82, 2.24) is 5.32 Å². The molecule has 0 saturated heterocycles. The maximum absolute atomic E-state index is 12.6. The topological polar surface area (TPSA) is 81.7 Å². The van der Waals surface area contributed by atoms with Gasteiger partial charge in [-0.1, -0.05) is 13.8 Å². The lowest BCUT2D eigenvalue weighted by Crippen LogP contribution is -2.56. The molecule has 8 atom stereocenters. The number of ether oxygens (including phenoxy) is 2. The van der Waals surface area contributed by atoms with Crippen LogP contribution in [-0.2, 0) is 23.9 Å². The Balaban J connectivity index is 1.39. The van der Waals surface area contributed by atoms with Gasteiger partial charge >= 0.3 is 11.9 Å². The van der Waals surface area contributed by atoms with E-state index in [9.17, 15) is 14.4 Å². The molecule has 4 aliphatic carbocycles. The van der Waals surface area contributed by atoms with Crippen molar-refractivity contribution in [3.8, 4) is 0 Å². The maximum atomic E-state index is 12.6. The van der Waals surface area contributed by atoms with Crippen LogP contribution in [0, 0.1) is 40.4 Å². The minimum atomic E-state index is -0.838. The average Bonchev–Trinajstić information content (AvgIpc) is 3.15. The van der Waals surface area contributed by atoms with Crippen LogP contribution in [0.25, 0.3) is 0 Å². The van der Waals surface area contributed by atoms with E-state index < -0.39 is 23.1 Å². The van der Waals surface area contributed by atoms with E-state index in [1.165, 1.54) is 32.1 Å². The maximum Gasteiger partial charge on any atom is 0.344 e. The third-order valence-electron chi connectivity index (χ3n) is 11.2. The van der Waals surface area contributed by atoms with Crippen LogP contribution in [0.15, 0.2) is 0 Å². The third kappa shape index (κ3) is 4.57. The van der Waals surface area contributed by atoms with Gasteiger partial charge in [0.05, 0.1) is 0 Å². The van der Waals surface area contributed by atoms with Gasteiger partial charge in [0.1, 0.15) is 16.9 Å². The first-order valence-electron chi connectivity index (χ1n) is 13.8. The molecule has 0 radical (unpaired) electrons. The van der Waals surface area contributed by atoms with Gasteiger partial charge in [-0.3, -0.25) is 9.59 Å². The van der Waals surface area contributed by atoms with E-state index in [0.29, 0.717) is 23.5 Å². The van der Waals surface area contributed by atoms with Crippen LogP contribution in [0.1, 0.15) is 99.3 Å². The predicted octanol–water partition coefficient (Wildman–Crippen LogP) is 5.08. The van der Waals surface area contributed by atoms with Crippen LogP contribution >= 0.6 is 0 Å². The molecule has 198 valence electrons. The lowest BCUT2D eigenvalue weighted by molar-refractivity contribution is -0.187. The summed E-state index contributed by atoms with van der Waals surface area (Å²) in [6.45, 7) is 11.9. The quantitative estimate of drug-likeness (QED) is 0.524. The van der Waals surface area contributed by atoms with E-state index >= 15 is 0 Å². The van der Waals surface area contributed by atoms with Crippen LogP contribution in [0.5, 0.6) is 0 Å². The Hall–Kier alpha value is -1.43. The minimum absolute atomic E-state index is 0.189. The second-order valence-corrected chi connectivity index (χ2v) is 13.5. The molecule has 0 bridgehead atoms. The number of hydrogen-bond donors (Lipinski definition) is 1. The third-order valence-corrected chi connectivity index (χ3v) is 11.2. The lowest BCUT2D eigenvalue weighted by atomic mass is 9.44. The number of ketones is 1. The Morgan fingerprint density at radius 1 is 0.914 bits per heavy atom. The molecule has 0 aromatic carbocycles. The number of nitrogens with one attached hydrogen (secondary N) is 1. The summed E-state index contributed by atoms with van der Waals surface area (Å²) in [6, 6.07) is 0. The minimum Gasteiger partial charge on any atom is -0.457 e. The molecule has 4 rings (SSSR count). The van der Waals surface area contributed by atoms with E-state index in [4.69, 9.17) is 9.47 Å². The van der Waals surface area contributed by atoms with E-state index in [1.54, 1.807) is 27.8 Å². The van der Waals surface area contributed by atoms with Crippen LogP contribution < -0.4 is 5.32 Å². The summed E-state index contributed by atoms with van der Waals surface area (Å²) < 4.78 is 11.2. The van der Waals surface area contributed by atoms with Gasteiger partial charge < -0.3 is 14.8 Å². The number of hydrogen-bond acceptors (Lipinski definition) is 6. The molecular formula is C29H47NO5.